The van der Waals surface area contributed by atoms with Crippen LogP contribution in [-0.2, 0) is 4.84 Å². The van der Waals surface area contributed by atoms with Crippen LogP contribution in [0.2, 0.25) is 0 Å². The van der Waals surface area contributed by atoms with E-state index in [4.69, 9.17) is 0 Å². The molecule has 10 heteroatoms. The van der Waals surface area contributed by atoms with Gasteiger partial charge in [-0.05, 0) is 38.8 Å². The Labute approximate surface area is 241 Å². The number of hydrogen-bond donors (Lipinski definition) is 1. The third-order valence-corrected chi connectivity index (χ3v) is 7.81. The summed E-state index contributed by atoms with van der Waals surface area (Å²) in [7, 11) is 0. The van der Waals surface area contributed by atoms with Gasteiger partial charge in [0.15, 0.2) is 0 Å². The number of piperazine rings is 1. The van der Waals surface area contributed by atoms with E-state index < -0.39 is 5.09 Å². The van der Waals surface area contributed by atoms with Crippen molar-refractivity contribution < 1.29 is 19.9 Å². The molecule has 1 aromatic heterocycles. The van der Waals surface area contributed by atoms with Crippen LogP contribution in [0.5, 0.6) is 0 Å². The standard InChI is InChI=1S/C30H53N5O5/c1-27(2)32-21-23-33(24-22-32)29-19-18-28(26-31-29)30(36)34(37)20-16-14-12-10-8-6-4-3-5-7-9-11-13-15-17-25-40-35(38)39/h18-19,26-27,37H,3-17,20-25H2,1-2H3. The Morgan fingerprint density at radius 3 is 1.85 bits per heavy atom. The van der Waals surface area contributed by atoms with E-state index in [-0.39, 0.29) is 12.5 Å². The number of carbonyl (C=O) groups is 1. The van der Waals surface area contributed by atoms with E-state index in [0.717, 1.165) is 75.6 Å². The summed E-state index contributed by atoms with van der Waals surface area (Å²) in [5, 5.41) is 20.4. The molecule has 1 aromatic rings. The van der Waals surface area contributed by atoms with Crippen molar-refractivity contribution in [3.63, 3.8) is 0 Å². The monoisotopic (exact) mass is 563 g/mol. The van der Waals surface area contributed by atoms with Crippen LogP contribution in [-0.4, -0.2) is 76.5 Å². The predicted molar refractivity (Wildman–Crippen MR) is 158 cm³/mol. The molecule has 228 valence electrons. The Morgan fingerprint density at radius 2 is 1.40 bits per heavy atom. The fraction of sp³-hybridized carbons (Fsp3) is 0.800. The average molecular weight is 564 g/mol. The first kappa shape index (κ1) is 33.7. The van der Waals surface area contributed by atoms with E-state index in [2.05, 4.69) is 33.5 Å². The molecule has 0 radical (unpaired) electrons. The smallest absolute Gasteiger partial charge is 0.294 e. The van der Waals surface area contributed by atoms with Crippen LogP contribution < -0.4 is 4.90 Å². The van der Waals surface area contributed by atoms with Crippen molar-refractivity contribution in [2.45, 2.75) is 116 Å². The summed E-state index contributed by atoms with van der Waals surface area (Å²) >= 11 is 0. The Bertz CT molecular complexity index is 815. The van der Waals surface area contributed by atoms with E-state index in [1.807, 2.05) is 6.07 Å². The molecule has 40 heavy (non-hydrogen) atoms. The van der Waals surface area contributed by atoms with Crippen molar-refractivity contribution in [3.8, 4) is 0 Å². The van der Waals surface area contributed by atoms with E-state index in [9.17, 15) is 20.1 Å². The number of anilines is 1. The minimum atomic E-state index is -0.719. The third kappa shape index (κ3) is 14.3. The fourth-order valence-electron chi connectivity index (χ4n) is 5.22. The Balaban J connectivity index is 1.41. The molecule has 0 saturated carbocycles. The van der Waals surface area contributed by atoms with Crippen LogP contribution >= 0.6 is 0 Å². The zero-order chi connectivity index (χ0) is 29.0. The minimum Gasteiger partial charge on any atom is -0.354 e. The highest BCUT2D eigenvalue weighted by atomic mass is 16.9. The van der Waals surface area contributed by atoms with Crippen molar-refractivity contribution >= 4 is 11.7 Å². The van der Waals surface area contributed by atoms with Gasteiger partial charge in [0.1, 0.15) is 5.82 Å². The van der Waals surface area contributed by atoms with Gasteiger partial charge in [-0.25, -0.2) is 10.0 Å². The summed E-state index contributed by atoms with van der Waals surface area (Å²) in [6, 6.07) is 4.21. The molecule has 0 aromatic carbocycles. The maximum Gasteiger partial charge on any atom is 0.294 e. The van der Waals surface area contributed by atoms with Gasteiger partial charge >= 0.3 is 0 Å². The van der Waals surface area contributed by atoms with E-state index in [0.29, 0.717) is 18.2 Å². The van der Waals surface area contributed by atoms with E-state index in [1.54, 1.807) is 12.3 Å². The average Bonchev–Trinajstić information content (AvgIpc) is 2.96. The highest BCUT2D eigenvalue weighted by Crippen LogP contribution is 2.17. The van der Waals surface area contributed by atoms with Crippen LogP contribution in [0, 0.1) is 10.1 Å². The van der Waals surface area contributed by atoms with Crippen LogP contribution in [0.1, 0.15) is 121 Å². The molecular weight excluding hydrogens is 510 g/mol. The van der Waals surface area contributed by atoms with Gasteiger partial charge in [-0.3, -0.25) is 14.9 Å². The summed E-state index contributed by atoms with van der Waals surface area (Å²) in [4.78, 5) is 36.1. The highest BCUT2D eigenvalue weighted by molar-refractivity contribution is 5.93. The molecular formula is C30H53N5O5. The van der Waals surface area contributed by atoms with Gasteiger partial charge < -0.3 is 9.74 Å². The molecule has 1 saturated heterocycles. The largest absolute Gasteiger partial charge is 0.354 e. The molecule has 0 spiro atoms. The maximum absolute atomic E-state index is 12.6. The Hall–Kier alpha value is -2.46. The number of hydroxylamine groups is 2. The molecule has 0 atom stereocenters. The molecule has 1 N–H and O–H groups in total. The first-order chi connectivity index (χ1) is 19.4. The first-order valence-corrected chi connectivity index (χ1v) is 15.6. The van der Waals surface area contributed by atoms with Gasteiger partial charge in [0, 0.05) is 45.0 Å². The van der Waals surface area contributed by atoms with Crippen LogP contribution in [0.25, 0.3) is 0 Å². The van der Waals surface area contributed by atoms with Crippen LogP contribution in [0.15, 0.2) is 18.3 Å². The van der Waals surface area contributed by atoms with Crippen molar-refractivity contribution in [2.75, 3.05) is 44.2 Å². The fourth-order valence-corrected chi connectivity index (χ4v) is 5.22. The second-order valence-electron chi connectivity index (χ2n) is 11.3. The number of pyridine rings is 1. The number of carbonyl (C=O) groups excluding carboxylic acids is 1. The molecule has 1 aliphatic rings. The van der Waals surface area contributed by atoms with Crippen molar-refractivity contribution in [1.29, 1.82) is 0 Å². The van der Waals surface area contributed by atoms with Gasteiger partial charge in [0.2, 0.25) is 0 Å². The number of hydrogen-bond acceptors (Lipinski definition) is 8. The van der Waals surface area contributed by atoms with Gasteiger partial charge in [-0.15, -0.1) is 10.1 Å². The molecule has 0 bridgehead atoms. The Morgan fingerprint density at radius 1 is 0.900 bits per heavy atom. The highest BCUT2D eigenvalue weighted by Gasteiger charge is 2.20. The number of nitrogens with zero attached hydrogens (tertiary/aromatic N) is 5. The zero-order valence-electron chi connectivity index (χ0n) is 25.0. The van der Waals surface area contributed by atoms with Gasteiger partial charge in [0.05, 0.1) is 12.2 Å². The second kappa shape index (κ2) is 20.4. The van der Waals surface area contributed by atoms with Crippen LogP contribution in [0.3, 0.4) is 0 Å². The summed E-state index contributed by atoms with van der Waals surface area (Å²) < 4.78 is 0. The second-order valence-corrected chi connectivity index (χ2v) is 11.3. The summed E-state index contributed by atoms with van der Waals surface area (Å²) in [6.45, 7) is 8.90. The van der Waals surface area contributed by atoms with Gasteiger partial charge in [0.25, 0.3) is 11.0 Å². The zero-order valence-corrected chi connectivity index (χ0v) is 25.0. The van der Waals surface area contributed by atoms with Crippen LogP contribution in [0.4, 0.5) is 5.82 Å². The molecule has 0 unspecified atom stereocenters. The van der Waals surface area contributed by atoms with Crippen molar-refractivity contribution in [2.24, 2.45) is 0 Å². The molecule has 10 nitrogen and oxygen atoms in total. The van der Waals surface area contributed by atoms with Gasteiger partial charge in [-0.1, -0.05) is 83.5 Å². The molecule has 1 fully saturated rings. The quantitative estimate of drug-likeness (QED) is 0.0736. The normalized spacial score (nSPS) is 14.1. The third-order valence-electron chi connectivity index (χ3n) is 7.81. The van der Waals surface area contributed by atoms with Gasteiger partial charge in [-0.2, -0.15) is 0 Å². The van der Waals surface area contributed by atoms with Crippen molar-refractivity contribution in [1.82, 2.24) is 14.9 Å². The summed E-state index contributed by atoms with van der Waals surface area (Å²) in [5.41, 5.74) is 0.423. The SMILES string of the molecule is CC(C)N1CCN(c2ccc(C(=O)N(O)CCCCCCCCCCCCCCCCCO[N+](=O)[O-])cn2)CC1. The lowest BCUT2D eigenvalue weighted by Gasteiger charge is -2.37. The lowest BCUT2D eigenvalue weighted by atomic mass is 10.0. The maximum atomic E-state index is 12.6. The number of unbranched alkanes of at least 4 members (excludes halogenated alkanes) is 14. The summed E-state index contributed by atoms with van der Waals surface area (Å²) in [6.07, 6.45) is 18.8. The van der Waals surface area contributed by atoms with Crippen molar-refractivity contribution in [3.05, 3.63) is 34.0 Å². The summed E-state index contributed by atoms with van der Waals surface area (Å²) in [5.74, 6) is 0.503. The first-order valence-electron chi connectivity index (χ1n) is 15.6. The molecule has 2 heterocycles. The van der Waals surface area contributed by atoms with E-state index >= 15 is 0 Å². The molecule has 1 aliphatic heterocycles. The number of rotatable bonds is 22. The molecule has 1 amide bonds. The lowest BCUT2D eigenvalue weighted by molar-refractivity contribution is -0.757. The molecule has 0 aliphatic carbocycles. The topological polar surface area (TPSA) is 112 Å². The molecule has 2 rings (SSSR count). The Kier molecular flexibility index (Phi) is 17.2. The minimum absolute atomic E-state index is 0.219. The predicted octanol–water partition coefficient (Wildman–Crippen LogP) is 6.50. The van der Waals surface area contributed by atoms with E-state index in [1.165, 1.54) is 57.8 Å². The lowest BCUT2D eigenvalue weighted by Crippen LogP contribution is -2.49. The number of amides is 1. The number of aromatic nitrogens is 1.